The van der Waals surface area contributed by atoms with Crippen LogP contribution in [0, 0.1) is 29.6 Å². The monoisotopic (exact) mass is 272 g/mol. The van der Waals surface area contributed by atoms with Crippen molar-refractivity contribution in [2.75, 3.05) is 0 Å². The van der Waals surface area contributed by atoms with Gasteiger partial charge in [0.15, 0.2) is 0 Å². The largest absolute Gasteiger partial charge is 0.299 e. The Morgan fingerprint density at radius 1 is 1.00 bits per heavy atom. The Bertz CT molecular complexity index is 447. The molecule has 0 saturated heterocycles. The molecule has 20 heavy (non-hydrogen) atoms. The molecule has 4 aliphatic carbocycles. The molecule has 0 aliphatic heterocycles. The molecule has 1 nitrogen and oxygen atoms in total. The van der Waals surface area contributed by atoms with Gasteiger partial charge in [-0.3, -0.25) is 4.79 Å². The third-order valence-corrected chi connectivity index (χ3v) is 7.10. The second-order valence-corrected chi connectivity index (χ2v) is 7.90. The summed E-state index contributed by atoms with van der Waals surface area (Å²) in [5.74, 6) is 5.47. The van der Waals surface area contributed by atoms with Gasteiger partial charge in [0.1, 0.15) is 5.78 Å². The second kappa shape index (κ2) is 5.00. The van der Waals surface area contributed by atoms with E-state index in [4.69, 9.17) is 0 Å². The molecular weight excluding hydrogens is 244 g/mol. The van der Waals surface area contributed by atoms with Crippen molar-refractivity contribution in [3.05, 3.63) is 11.1 Å². The van der Waals surface area contributed by atoms with Gasteiger partial charge in [-0.25, -0.2) is 0 Å². The summed E-state index contributed by atoms with van der Waals surface area (Å²) < 4.78 is 0. The van der Waals surface area contributed by atoms with E-state index in [1.807, 2.05) is 0 Å². The quantitative estimate of drug-likeness (QED) is 0.620. The average molecular weight is 272 g/mol. The van der Waals surface area contributed by atoms with Gasteiger partial charge in [-0.1, -0.05) is 24.5 Å². The molecule has 0 aromatic heterocycles. The van der Waals surface area contributed by atoms with Crippen molar-refractivity contribution in [3.8, 4) is 0 Å². The van der Waals surface area contributed by atoms with Crippen LogP contribution >= 0.6 is 0 Å². The van der Waals surface area contributed by atoms with Crippen LogP contribution in [0.2, 0.25) is 0 Å². The first-order valence-electron chi connectivity index (χ1n) is 8.98. The zero-order chi connectivity index (χ0) is 13.7. The van der Waals surface area contributed by atoms with Gasteiger partial charge in [-0.15, -0.1) is 0 Å². The average Bonchev–Trinajstić information content (AvgIpc) is 2.89. The zero-order valence-corrected chi connectivity index (χ0v) is 12.9. The molecule has 0 N–H and O–H groups in total. The molecule has 4 rings (SSSR count). The molecule has 1 heteroatoms. The van der Waals surface area contributed by atoms with E-state index in [0.29, 0.717) is 5.78 Å². The van der Waals surface area contributed by atoms with E-state index in [-0.39, 0.29) is 0 Å². The Hall–Kier alpha value is -0.590. The van der Waals surface area contributed by atoms with Crippen molar-refractivity contribution in [2.45, 2.75) is 71.1 Å². The summed E-state index contributed by atoms with van der Waals surface area (Å²) in [6, 6.07) is 0. The normalized spacial score (nSPS) is 44.0. The molecule has 110 valence electrons. The first-order valence-corrected chi connectivity index (χ1v) is 8.98. The number of fused-ring (bicyclic) bond motifs is 4. The smallest absolute Gasteiger partial charge is 0.137 e. The van der Waals surface area contributed by atoms with Crippen LogP contribution < -0.4 is 0 Å². The number of hydrogen-bond donors (Lipinski definition) is 0. The Morgan fingerprint density at radius 3 is 2.75 bits per heavy atom. The van der Waals surface area contributed by atoms with E-state index in [1.165, 1.54) is 44.9 Å². The van der Waals surface area contributed by atoms with Crippen molar-refractivity contribution in [1.82, 2.24) is 0 Å². The highest BCUT2D eigenvalue weighted by molar-refractivity contribution is 5.82. The number of allylic oxidation sites excluding steroid dienone is 2. The van der Waals surface area contributed by atoms with Crippen LogP contribution in [0.15, 0.2) is 11.1 Å². The molecule has 4 aliphatic rings. The van der Waals surface area contributed by atoms with Gasteiger partial charge in [0, 0.05) is 12.8 Å². The van der Waals surface area contributed by atoms with Gasteiger partial charge in [-0.2, -0.15) is 0 Å². The molecule has 0 aromatic rings. The van der Waals surface area contributed by atoms with Crippen molar-refractivity contribution in [1.29, 1.82) is 0 Å². The van der Waals surface area contributed by atoms with Gasteiger partial charge in [-0.05, 0) is 74.5 Å². The zero-order valence-electron chi connectivity index (χ0n) is 12.9. The maximum Gasteiger partial charge on any atom is 0.137 e. The van der Waals surface area contributed by atoms with Gasteiger partial charge >= 0.3 is 0 Å². The van der Waals surface area contributed by atoms with Crippen LogP contribution in [-0.2, 0) is 4.79 Å². The fourth-order valence-corrected chi connectivity index (χ4v) is 6.15. The predicted octanol–water partition coefficient (Wildman–Crippen LogP) is 4.91. The Morgan fingerprint density at radius 2 is 1.90 bits per heavy atom. The summed E-state index contributed by atoms with van der Waals surface area (Å²) in [4.78, 5) is 11.7. The van der Waals surface area contributed by atoms with Crippen LogP contribution in [0.3, 0.4) is 0 Å². The van der Waals surface area contributed by atoms with Crippen molar-refractivity contribution in [2.24, 2.45) is 29.6 Å². The van der Waals surface area contributed by atoms with Crippen LogP contribution in [0.5, 0.6) is 0 Å². The second-order valence-electron chi connectivity index (χ2n) is 7.90. The first kappa shape index (κ1) is 13.1. The lowest BCUT2D eigenvalue weighted by atomic mass is 9.59. The van der Waals surface area contributed by atoms with E-state index < -0.39 is 0 Å². The number of Topliss-reactive ketones (excluding diaryl/α,β-unsaturated/α-hetero) is 1. The third kappa shape index (κ3) is 2.00. The molecule has 0 heterocycles. The summed E-state index contributed by atoms with van der Waals surface area (Å²) in [7, 11) is 0. The minimum Gasteiger partial charge on any atom is -0.299 e. The maximum atomic E-state index is 11.7. The molecule has 1 unspecified atom stereocenters. The fraction of sp³-hybridized carbons (Fsp3) is 0.842. The molecule has 0 aromatic carbocycles. The highest BCUT2D eigenvalue weighted by Gasteiger charge is 2.47. The lowest BCUT2D eigenvalue weighted by Gasteiger charge is -2.46. The van der Waals surface area contributed by atoms with Crippen LogP contribution in [0.4, 0.5) is 0 Å². The SMILES string of the molecule is CCC1C[C@H]2CC[C@@H]3C4=C(CC[C@H]3[C@@H]2C1)CC(=O)CC4. The molecule has 0 radical (unpaired) electrons. The van der Waals surface area contributed by atoms with E-state index in [0.717, 1.165) is 48.9 Å². The number of hydrogen-bond acceptors (Lipinski definition) is 1. The number of carbonyl (C=O) groups is 1. The van der Waals surface area contributed by atoms with Crippen LogP contribution in [-0.4, -0.2) is 5.78 Å². The van der Waals surface area contributed by atoms with Gasteiger partial charge in [0.2, 0.25) is 0 Å². The molecular formula is C19H28O. The lowest BCUT2D eigenvalue weighted by molar-refractivity contribution is -0.119. The number of ketones is 1. The maximum absolute atomic E-state index is 11.7. The topological polar surface area (TPSA) is 17.1 Å². The summed E-state index contributed by atoms with van der Waals surface area (Å²) in [6.07, 6.45) is 12.8. The Kier molecular flexibility index (Phi) is 3.27. The summed E-state index contributed by atoms with van der Waals surface area (Å²) in [5, 5.41) is 0. The standard InChI is InChI=1S/C19H28O/c1-2-12-9-13-3-6-17-16-8-5-15(20)11-14(16)4-7-18(17)19(13)10-12/h12-13,17-19H,2-11H2,1H3/t12?,13-,17-,18-,19-/m1/s1. The van der Waals surface area contributed by atoms with E-state index in [9.17, 15) is 4.79 Å². The predicted molar refractivity (Wildman–Crippen MR) is 81.3 cm³/mol. The van der Waals surface area contributed by atoms with Gasteiger partial charge < -0.3 is 0 Å². The minimum atomic E-state index is 0.503. The van der Waals surface area contributed by atoms with Gasteiger partial charge in [0.25, 0.3) is 0 Å². The first-order chi connectivity index (χ1) is 9.76. The number of carbonyl (C=O) groups excluding carboxylic acids is 1. The molecule has 0 spiro atoms. The minimum absolute atomic E-state index is 0.503. The van der Waals surface area contributed by atoms with E-state index in [2.05, 4.69) is 6.92 Å². The third-order valence-electron chi connectivity index (χ3n) is 7.10. The van der Waals surface area contributed by atoms with Crippen LogP contribution in [0.25, 0.3) is 0 Å². The summed E-state index contributed by atoms with van der Waals surface area (Å²) in [5.41, 5.74) is 3.34. The van der Waals surface area contributed by atoms with E-state index in [1.54, 1.807) is 11.1 Å². The molecule has 0 amide bonds. The molecule has 5 atom stereocenters. The number of rotatable bonds is 1. The fourth-order valence-electron chi connectivity index (χ4n) is 6.15. The Balaban J connectivity index is 1.58. The van der Waals surface area contributed by atoms with Crippen LogP contribution in [0.1, 0.15) is 71.1 Å². The van der Waals surface area contributed by atoms with Crippen molar-refractivity contribution < 1.29 is 4.79 Å². The molecule has 2 saturated carbocycles. The molecule has 0 bridgehead atoms. The Labute approximate surface area is 123 Å². The van der Waals surface area contributed by atoms with Crippen molar-refractivity contribution >= 4 is 5.78 Å². The van der Waals surface area contributed by atoms with Crippen molar-refractivity contribution in [3.63, 3.8) is 0 Å². The van der Waals surface area contributed by atoms with Gasteiger partial charge in [0.05, 0.1) is 0 Å². The molecule has 2 fully saturated rings. The summed E-state index contributed by atoms with van der Waals surface area (Å²) in [6.45, 7) is 2.38. The highest BCUT2D eigenvalue weighted by atomic mass is 16.1. The summed E-state index contributed by atoms with van der Waals surface area (Å²) >= 11 is 0. The highest BCUT2D eigenvalue weighted by Crippen LogP contribution is 2.57. The lowest BCUT2D eigenvalue weighted by Crippen LogP contribution is -2.37. The van der Waals surface area contributed by atoms with E-state index >= 15 is 0 Å².